The SMILES string of the molecule is CC1CCCCN1C(=O)C(=O)C1(O)OC(F)CCC1C. The van der Waals surface area contributed by atoms with Gasteiger partial charge in [0.2, 0.25) is 12.1 Å². The van der Waals surface area contributed by atoms with Crippen molar-refractivity contribution in [2.75, 3.05) is 6.54 Å². The highest BCUT2D eigenvalue weighted by atomic mass is 19.1. The van der Waals surface area contributed by atoms with Crippen LogP contribution in [-0.2, 0) is 14.3 Å². The lowest BCUT2D eigenvalue weighted by Crippen LogP contribution is -2.58. The molecule has 114 valence electrons. The average Bonchev–Trinajstić information content (AvgIpc) is 2.42. The van der Waals surface area contributed by atoms with E-state index in [-0.39, 0.29) is 12.5 Å². The number of piperidine rings is 1. The van der Waals surface area contributed by atoms with Gasteiger partial charge < -0.3 is 14.7 Å². The van der Waals surface area contributed by atoms with E-state index in [1.165, 1.54) is 4.90 Å². The van der Waals surface area contributed by atoms with E-state index in [0.717, 1.165) is 19.3 Å². The molecule has 20 heavy (non-hydrogen) atoms. The maximum Gasteiger partial charge on any atom is 0.296 e. The van der Waals surface area contributed by atoms with Crippen molar-refractivity contribution in [3.8, 4) is 0 Å². The maximum absolute atomic E-state index is 13.3. The van der Waals surface area contributed by atoms with Gasteiger partial charge >= 0.3 is 0 Å². The molecule has 5 nitrogen and oxygen atoms in total. The summed E-state index contributed by atoms with van der Waals surface area (Å²) in [5.74, 6) is -4.72. The van der Waals surface area contributed by atoms with E-state index < -0.39 is 29.8 Å². The van der Waals surface area contributed by atoms with Crippen LogP contribution >= 0.6 is 0 Å². The van der Waals surface area contributed by atoms with E-state index in [1.54, 1.807) is 6.92 Å². The summed E-state index contributed by atoms with van der Waals surface area (Å²) < 4.78 is 18.1. The first-order valence-electron chi connectivity index (χ1n) is 7.26. The zero-order valence-corrected chi connectivity index (χ0v) is 12.0. The third-order valence-electron chi connectivity index (χ3n) is 4.39. The topological polar surface area (TPSA) is 66.8 Å². The number of aliphatic hydroxyl groups is 1. The Morgan fingerprint density at radius 2 is 1.95 bits per heavy atom. The highest BCUT2D eigenvalue weighted by molar-refractivity contribution is 6.38. The fourth-order valence-electron chi connectivity index (χ4n) is 2.91. The molecule has 0 aromatic carbocycles. The second-order valence-corrected chi connectivity index (χ2v) is 5.88. The number of nitrogens with zero attached hydrogens (tertiary/aromatic N) is 1. The number of ketones is 1. The van der Waals surface area contributed by atoms with Crippen LogP contribution in [0.1, 0.15) is 46.0 Å². The molecular weight excluding hydrogens is 265 g/mol. The van der Waals surface area contributed by atoms with Crippen molar-refractivity contribution in [1.29, 1.82) is 0 Å². The molecule has 2 fully saturated rings. The lowest BCUT2D eigenvalue weighted by Gasteiger charge is -2.40. The molecular formula is C14H22FNO4. The normalized spacial score (nSPS) is 38.6. The minimum absolute atomic E-state index is 0.0381. The number of likely N-dealkylation sites (tertiary alicyclic amines) is 1. The quantitative estimate of drug-likeness (QED) is 0.779. The summed E-state index contributed by atoms with van der Waals surface area (Å²) in [5.41, 5.74) is 0. The van der Waals surface area contributed by atoms with Gasteiger partial charge in [-0.3, -0.25) is 9.59 Å². The van der Waals surface area contributed by atoms with Crippen molar-refractivity contribution < 1.29 is 23.8 Å². The third-order valence-corrected chi connectivity index (χ3v) is 4.39. The molecule has 0 aromatic rings. The van der Waals surface area contributed by atoms with Crippen LogP contribution in [0, 0.1) is 5.92 Å². The average molecular weight is 287 g/mol. The predicted molar refractivity (Wildman–Crippen MR) is 69.4 cm³/mol. The highest BCUT2D eigenvalue weighted by Gasteiger charge is 2.52. The third kappa shape index (κ3) is 2.72. The van der Waals surface area contributed by atoms with E-state index in [4.69, 9.17) is 4.74 Å². The number of hydrogen-bond acceptors (Lipinski definition) is 4. The van der Waals surface area contributed by atoms with Gasteiger partial charge in [0.1, 0.15) is 0 Å². The first-order valence-corrected chi connectivity index (χ1v) is 7.26. The summed E-state index contributed by atoms with van der Waals surface area (Å²) in [4.78, 5) is 26.0. The molecule has 2 aliphatic rings. The Labute approximate surface area is 118 Å². The van der Waals surface area contributed by atoms with Gasteiger partial charge in [0.05, 0.1) is 0 Å². The first-order chi connectivity index (χ1) is 9.36. The monoisotopic (exact) mass is 287 g/mol. The summed E-state index contributed by atoms with van der Waals surface area (Å²) in [6.45, 7) is 3.96. The Bertz CT molecular complexity index is 403. The van der Waals surface area contributed by atoms with Gasteiger partial charge in [-0.25, -0.2) is 4.39 Å². The van der Waals surface area contributed by atoms with Gasteiger partial charge in [-0.15, -0.1) is 0 Å². The summed E-state index contributed by atoms with van der Waals surface area (Å²) in [7, 11) is 0. The molecule has 1 amide bonds. The molecule has 4 atom stereocenters. The molecule has 4 unspecified atom stereocenters. The molecule has 0 aliphatic carbocycles. The molecule has 2 saturated heterocycles. The van der Waals surface area contributed by atoms with Crippen LogP contribution in [-0.4, -0.2) is 46.4 Å². The van der Waals surface area contributed by atoms with Crippen molar-refractivity contribution >= 4 is 11.7 Å². The number of rotatable bonds is 2. The number of alkyl halides is 1. The smallest absolute Gasteiger partial charge is 0.296 e. The number of amides is 1. The predicted octanol–water partition coefficient (Wildman–Crippen LogP) is 1.39. The second-order valence-electron chi connectivity index (χ2n) is 5.88. The number of carbonyl (C=O) groups excluding carboxylic acids is 2. The highest BCUT2D eigenvalue weighted by Crippen LogP contribution is 2.34. The van der Waals surface area contributed by atoms with Crippen LogP contribution in [0.25, 0.3) is 0 Å². The van der Waals surface area contributed by atoms with Crippen molar-refractivity contribution in [3.63, 3.8) is 0 Å². The van der Waals surface area contributed by atoms with Crippen LogP contribution in [0.15, 0.2) is 0 Å². The standard InChI is InChI=1S/C14H22FNO4/c1-9-6-7-11(15)20-14(9,19)12(17)13(18)16-8-4-3-5-10(16)2/h9-11,19H,3-8H2,1-2H3. The Balaban J connectivity index is 2.14. The van der Waals surface area contributed by atoms with E-state index >= 15 is 0 Å². The summed E-state index contributed by atoms with van der Waals surface area (Å²) in [6, 6.07) is -0.0381. The zero-order valence-electron chi connectivity index (χ0n) is 12.0. The summed E-state index contributed by atoms with van der Waals surface area (Å²) >= 11 is 0. The first kappa shape index (κ1) is 15.4. The minimum Gasteiger partial charge on any atom is -0.359 e. The van der Waals surface area contributed by atoms with Crippen molar-refractivity contribution in [3.05, 3.63) is 0 Å². The Morgan fingerprint density at radius 1 is 1.25 bits per heavy atom. The molecule has 2 heterocycles. The van der Waals surface area contributed by atoms with Gasteiger partial charge in [0.15, 0.2) is 0 Å². The van der Waals surface area contributed by atoms with Crippen LogP contribution < -0.4 is 0 Å². The van der Waals surface area contributed by atoms with Crippen LogP contribution in [0.2, 0.25) is 0 Å². The zero-order chi connectivity index (χ0) is 14.9. The van der Waals surface area contributed by atoms with E-state index in [1.807, 2.05) is 6.92 Å². The largest absolute Gasteiger partial charge is 0.359 e. The molecule has 0 spiro atoms. The van der Waals surface area contributed by atoms with Crippen LogP contribution in [0.4, 0.5) is 4.39 Å². The van der Waals surface area contributed by atoms with Gasteiger partial charge in [0.25, 0.3) is 11.7 Å². The molecule has 0 aromatic heterocycles. The summed E-state index contributed by atoms with van der Waals surface area (Å²) in [6.07, 6.45) is 1.43. The van der Waals surface area contributed by atoms with Gasteiger partial charge in [-0.2, -0.15) is 0 Å². The van der Waals surface area contributed by atoms with Crippen molar-refractivity contribution in [2.24, 2.45) is 5.92 Å². The number of Topliss-reactive ketones (excluding diaryl/α,β-unsaturated/α-hetero) is 1. The maximum atomic E-state index is 13.3. The molecule has 2 rings (SSSR count). The lowest BCUT2D eigenvalue weighted by molar-refractivity contribution is -0.286. The van der Waals surface area contributed by atoms with E-state index in [2.05, 4.69) is 0 Å². The van der Waals surface area contributed by atoms with Crippen LogP contribution in [0.5, 0.6) is 0 Å². The molecule has 0 radical (unpaired) electrons. The molecule has 6 heteroatoms. The minimum atomic E-state index is -2.33. The van der Waals surface area contributed by atoms with Gasteiger partial charge in [0, 0.05) is 24.9 Å². The number of carbonyl (C=O) groups is 2. The second kappa shape index (κ2) is 5.77. The van der Waals surface area contributed by atoms with Crippen molar-refractivity contribution in [2.45, 2.75) is 64.1 Å². The number of ether oxygens (including phenoxy) is 1. The number of halogens is 1. The Morgan fingerprint density at radius 3 is 2.60 bits per heavy atom. The van der Waals surface area contributed by atoms with Crippen LogP contribution in [0.3, 0.4) is 0 Å². The fourth-order valence-corrected chi connectivity index (χ4v) is 2.91. The molecule has 1 N–H and O–H groups in total. The fraction of sp³-hybridized carbons (Fsp3) is 0.857. The molecule has 0 saturated carbocycles. The van der Waals surface area contributed by atoms with Gasteiger partial charge in [-0.05, 0) is 32.6 Å². The van der Waals surface area contributed by atoms with Gasteiger partial charge in [-0.1, -0.05) is 6.92 Å². The van der Waals surface area contributed by atoms with Crippen molar-refractivity contribution in [1.82, 2.24) is 4.90 Å². The number of hydrogen-bond donors (Lipinski definition) is 1. The summed E-state index contributed by atoms with van der Waals surface area (Å²) in [5, 5.41) is 10.3. The molecule has 0 bridgehead atoms. The molecule has 2 aliphatic heterocycles. The van der Waals surface area contributed by atoms with E-state index in [9.17, 15) is 19.1 Å². The Kier molecular flexibility index (Phi) is 4.44. The Hall–Kier alpha value is -1.01. The lowest BCUT2D eigenvalue weighted by atomic mass is 9.88. The van der Waals surface area contributed by atoms with E-state index in [0.29, 0.717) is 13.0 Å².